The summed E-state index contributed by atoms with van der Waals surface area (Å²) >= 11 is 0. The summed E-state index contributed by atoms with van der Waals surface area (Å²) in [6, 6.07) is 18.4. The van der Waals surface area contributed by atoms with E-state index in [0.29, 0.717) is 18.7 Å². The van der Waals surface area contributed by atoms with Crippen LogP contribution in [0.1, 0.15) is 18.1 Å². The zero-order valence-corrected chi connectivity index (χ0v) is 16.4. The summed E-state index contributed by atoms with van der Waals surface area (Å²) in [5.41, 5.74) is 1.97. The molecule has 0 amide bonds. The molecule has 0 atom stereocenters. The van der Waals surface area contributed by atoms with Gasteiger partial charge in [-0.05, 0) is 46.6 Å². The summed E-state index contributed by atoms with van der Waals surface area (Å²) in [5, 5.41) is 3.09. The van der Waals surface area contributed by atoms with Gasteiger partial charge in [-0.1, -0.05) is 43.3 Å². The second kappa shape index (κ2) is 8.05. The molecule has 5 heteroatoms. The van der Waals surface area contributed by atoms with E-state index in [9.17, 15) is 9.18 Å². The van der Waals surface area contributed by atoms with Crippen molar-refractivity contribution < 1.29 is 13.5 Å². The number of nitrogens with zero attached hydrogens (tertiary/aromatic N) is 1. The normalized spacial score (nSPS) is 11.4. The largest absolute Gasteiger partial charge is 0.494 e. The average Bonchev–Trinajstić information content (AvgIpc) is 2.72. The molecule has 0 bridgehead atoms. The third-order valence-corrected chi connectivity index (χ3v) is 5.18. The average molecular weight is 391 g/mol. The first-order chi connectivity index (χ1) is 14.1. The number of ether oxygens (including phenoxy) is 1. The molecule has 1 aromatic heterocycles. The molecular formula is C24H22FNO3. The van der Waals surface area contributed by atoms with Gasteiger partial charge < -0.3 is 9.15 Å². The molecule has 0 saturated heterocycles. The first-order valence-corrected chi connectivity index (χ1v) is 9.58. The third-order valence-electron chi connectivity index (χ3n) is 5.18. The molecule has 4 nitrogen and oxygen atoms in total. The van der Waals surface area contributed by atoms with Gasteiger partial charge >= 0.3 is 5.63 Å². The van der Waals surface area contributed by atoms with Gasteiger partial charge in [0, 0.05) is 24.5 Å². The summed E-state index contributed by atoms with van der Waals surface area (Å²) in [6.07, 6.45) is 0. The van der Waals surface area contributed by atoms with Gasteiger partial charge in [-0.3, -0.25) is 4.90 Å². The van der Waals surface area contributed by atoms with Crippen LogP contribution in [0.25, 0.3) is 21.7 Å². The predicted molar refractivity (Wildman–Crippen MR) is 113 cm³/mol. The van der Waals surface area contributed by atoms with Crippen LogP contribution in [0.4, 0.5) is 4.39 Å². The lowest BCUT2D eigenvalue weighted by atomic mass is 10.0. The number of rotatable bonds is 6. The highest BCUT2D eigenvalue weighted by Gasteiger charge is 2.14. The van der Waals surface area contributed by atoms with Gasteiger partial charge in [0.15, 0.2) is 11.6 Å². The first kappa shape index (κ1) is 19.2. The summed E-state index contributed by atoms with van der Waals surface area (Å²) in [6.45, 7) is 3.91. The third kappa shape index (κ3) is 3.87. The lowest BCUT2D eigenvalue weighted by Crippen LogP contribution is -2.23. The zero-order chi connectivity index (χ0) is 20.4. The summed E-state index contributed by atoms with van der Waals surface area (Å²) in [7, 11) is 1.45. The number of hydrogen-bond donors (Lipinski definition) is 0. The van der Waals surface area contributed by atoms with E-state index in [1.807, 2.05) is 49.4 Å². The van der Waals surface area contributed by atoms with Crippen LogP contribution in [0.2, 0.25) is 0 Å². The monoisotopic (exact) mass is 391 g/mol. The highest BCUT2D eigenvalue weighted by Crippen LogP contribution is 2.28. The fraction of sp³-hybridized carbons (Fsp3) is 0.208. The van der Waals surface area contributed by atoms with Crippen molar-refractivity contribution in [2.75, 3.05) is 13.7 Å². The van der Waals surface area contributed by atoms with E-state index in [4.69, 9.17) is 9.15 Å². The topological polar surface area (TPSA) is 42.7 Å². The Bertz CT molecular complexity index is 1230. The van der Waals surface area contributed by atoms with Crippen LogP contribution in [0, 0.1) is 5.82 Å². The molecule has 0 aliphatic heterocycles. The molecule has 0 aliphatic rings. The van der Waals surface area contributed by atoms with Crippen molar-refractivity contribution in [1.29, 1.82) is 0 Å². The van der Waals surface area contributed by atoms with Crippen molar-refractivity contribution in [3.63, 3.8) is 0 Å². The number of halogens is 1. The van der Waals surface area contributed by atoms with Crippen LogP contribution in [-0.4, -0.2) is 18.6 Å². The molecule has 0 fully saturated rings. The fourth-order valence-corrected chi connectivity index (χ4v) is 3.73. The molecular weight excluding hydrogens is 369 g/mol. The van der Waals surface area contributed by atoms with E-state index < -0.39 is 0 Å². The van der Waals surface area contributed by atoms with Gasteiger partial charge in [0.05, 0.1) is 7.11 Å². The first-order valence-electron chi connectivity index (χ1n) is 9.58. The maximum atomic E-state index is 14.1. The molecule has 148 valence electrons. The maximum absolute atomic E-state index is 14.1. The minimum atomic E-state index is -0.377. The number of benzene rings is 3. The Morgan fingerprint density at radius 1 is 1.03 bits per heavy atom. The molecule has 0 saturated carbocycles. The van der Waals surface area contributed by atoms with Crippen LogP contribution in [0.5, 0.6) is 5.75 Å². The van der Waals surface area contributed by atoms with Gasteiger partial charge in [-0.15, -0.1) is 0 Å². The van der Waals surface area contributed by atoms with Crippen molar-refractivity contribution in [3.8, 4) is 5.75 Å². The number of fused-ring (bicyclic) bond motifs is 3. The van der Waals surface area contributed by atoms with Crippen LogP contribution >= 0.6 is 0 Å². The summed E-state index contributed by atoms with van der Waals surface area (Å²) in [4.78, 5) is 14.3. The number of hydrogen-bond acceptors (Lipinski definition) is 4. The lowest BCUT2D eigenvalue weighted by molar-refractivity contribution is 0.271. The fourth-order valence-electron chi connectivity index (χ4n) is 3.73. The highest BCUT2D eigenvalue weighted by molar-refractivity contribution is 6.07. The Kier molecular flexibility index (Phi) is 5.32. The van der Waals surface area contributed by atoms with Gasteiger partial charge in [0.1, 0.15) is 5.58 Å². The molecule has 0 radical (unpaired) electrons. The van der Waals surface area contributed by atoms with Gasteiger partial charge in [0.2, 0.25) is 0 Å². The molecule has 3 aromatic carbocycles. The Labute approximate surface area is 168 Å². The van der Waals surface area contributed by atoms with Crippen molar-refractivity contribution in [1.82, 2.24) is 4.90 Å². The van der Waals surface area contributed by atoms with E-state index in [-0.39, 0.29) is 17.2 Å². The maximum Gasteiger partial charge on any atom is 0.336 e. The summed E-state index contributed by atoms with van der Waals surface area (Å²) in [5.74, 6) is -0.146. The van der Waals surface area contributed by atoms with Gasteiger partial charge in [-0.2, -0.15) is 0 Å². The van der Waals surface area contributed by atoms with Crippen LogP contribution in [0.3, 0.4) is 0 Å². The highest BCUT2D eigenvalue weighted by atomic mass is 19.1. The van der Waals surface area contributed by atoms with Crippen molar-refractivity contribution in [3.05, 3.63) is 88.0 Å². The Morgan fingerprint density at radius 3 is 2.62 bits per heavy atom. The minimum Gasteiger partial charge on any atom is -0.494 e. The van der Waals surface area contributed by atoms with Crippen LogP contribution in [-0.2, 0) is 13.1 Å². The van der Waals surface area contributed by atoms with Crippen LogP contribution in [0.15, 0.2) is 69.9 Å². The number of methoxy groups -OCH3 is 1. The minimum absolute atomic E-state index is 0.231. The van der Waals surface area contributed by atoms with Gasteiger partial charge in [-0.25, -0.2) is 9.18 Å². The second-order valence-corrected chi connectivity index (χ2v) is 7.02. The molecule has 0 aliphatic carbocycles. The Morgan fingerprint density at radius 2 is 1.86 bits per heavy atom. The zero-order valence-electron chi connectivity index (χ0n) is 16.4. The Balaban J connectivity index is 1.72. The SMILES string of the molecule is CCN(Cc1ccc(OC)c(F)c1)Cc1cc(=O)oc2ccc3ccccc3c12. The molecule has 4 rings (SSSR count). The van der Waals surface area contributed by atoms with Crippen molar-refractivity contribution in [2.24, 2.45) is 0 Å². The quantitative estimate of drug-likeness (QED) is 0.338. The van der Waals surface area contributed by atoms with E-state index in [0.717, 1.165) is 33.8 Å². The van der Waals surface area contributed by atoms with E-state index in [1.54, 1.807) is 12.1 Å². The molecule has 1 heterocycles. The van der Waals surface area contributed by atoms with Gasteiger partial charge in [0.25, 0.3) is 0 Å². The molecule has 29 heavy (non-hydrogen) atoms. The van der Waals surface area contributed by atoms with Crippen molar-refractivity contribution >= 4 is 21.7 Å². The summed E-state index contributed by atoms with van der Waals surface area (Å²) < 4.78 is 24.5. The lowest BCUT2D eigenvalue weighted by Gasteiger charge is -2.22. The second-order valence-electron chi connectivity index (χ2n) is 7.02. The van der Waals surface area contributed by atoms with E-state index >= 15 is 0 Å². The molecule has 0 unspecified atom stereocenters. The van der Waals surface area contributed by atoms with E-state index in [1.165, 1.54) is 13.2 Å². The van der Waals surface area contributed by atoms with Crippen molar-refractivity contribution in [2.45, 2.75) is 20.0 Å². The van der Waals surface area contributed by atoms with Crippen LogP contribution < -0.4 is 10.4 Å². The van der Waals surface area contributed by atoms with E-state index in [2.05, 4.69) is 4.90 Å². The molecule has 0 N–H and O–H groups in total. The molecule has 4 aromatic rings. The molecule has 0 spiro atoms. The smallest absolute Gasteiger partial charge is 0.336 e. The standard InChI is InChI=1S/C24H22FNO3/c1-3-26(14-16-8-10-21(28-2)20(25)12-16)15-18-13-23(27)29-22-11-9-17-6-4-5-7-19(17)24(18)22/h4-13H,3,14-15H2,1-2H3. The predicted octanol–water partition coefficient (Wildman–Crippen LogP) is 5.12. The Hall–Kier alpha value is -3.18.